The monoisotopic (exact) mass is 445 g/mol. The van der Waals surface area contributed by atoms with Crippen molar-refractivity contribution in [1.82, 2.24) is 5.32 Å². The largest absolute Gasteiger partial charge is 0.352 e. The number of hydrogen-bond acceptors (Lipinski definition) is 3. The summed E-state index contributed by atoms with van der Waals surface area (Å²) < 4.78 is 13.0. The minimum Gasteiger partial charge on any atom is -0.352 e. The van der Waals surface area contributed by atoms with Crippen molar-refractivity contribution in [2.45, 2.75) is 19.9 Å². The van der Waals surface area contributed by atoms with Crippen LogP contribution in [-0.2, 0) is 16.1 Å². The Hall–Kier alpha value is -4.00. The summed E-state index contributed by atoms with van der Waals surface area (Å²) in [4.78, 5) is 39.4. The van der Waals surface area contributed by atoms with Crippen LogP contribution < -0.4 is 15.5 Å². The van der Waals surface area contributed by atoms with Gasteiger partial charge in [0, 0.05) is 36.4 Å². The van der Waals surface area contributed by atoms with Gasteiger partial charge in [0.15, 0.2) is 0 Å². The van der Waals surface area contributed by atoms with E-state index in [1.807, 2.05) is 31.2 Å². The first-order chi connectivity index (χ1) is 15.9. The first-order valence-corrected chi connectivity index (χ1v) is 10.7. The molecule has 0 aliphatic carbocycles. The van der Waals surface area contributed by atoms with E-state index in [1.165, 1.54) is 17.0 Å². The van der Waals surface area contributed by atoms with Crippen molar-refractivity contribution in [1.29, 1.82) is 0 Å². The van der Waals surface area contributed by atoms with E-state index in [9.17, 15) is 18.8 Å². The molecule has 4 rings (SSSR count). The molecule has 0 saturated carbocycles. The Labute approximate surface area is 191 Å². The normalized spacial score (nSPS) is 15.4. The van der Waals surface area contributed by atoms with Crippen LogP contribution in [0.2, 0.25) is 0 Å². The zero-order chi connectivity index (χ0) is 23.4. The molecule has 1 aliphatic rings. The van der Waals surface area contributed by atoms with Crippen LogP contribution in [0.3, 0.4) is 0 Å². The van der Waals surface area contributed by atoms with Gasteiger partial charge in [0.05, 0.1) is 5.92 Å². The number of anilines is 2. The summed E-state index contributed by atoms with van der Waals surface area (Å²) >= 11 is 0. The van der Waals surface area contributed by atoms with Crippen LogP contribution in [0, 0.1) is 18.7 Å². The molecule has 3 aromatic rings. The van der Waals surface area contributed by atoms with Gasteiger partial charge in [0.25, 0.3) is 5.91 Å². The molecular weight excluding hydrogens is 421 g/mol. The maximum absolute atomic E-state index is 13.0. The molecule has 6 nitrogen and oxygen atoms in total. The number of amides is 3. The maximum Gasteiger partial charge on any atom is 0.255 e. The molecule has 0 spiro atoms. The van der Waals surface area contributed by atoms with Crippen molar-refractivity contribution in [3.63, 3.8) is 0 Å². The average Bonchev–Trinajstić information content (AvgIpc) is 3.20. The molecule has 1 saturated heterocycles. The van der Waals surface area contributed by atoms with E-state index in [0.717, 1.165) is 11.1 Å². The van der Waals surface area contributed by atoms with Crippen LogP contribution in [-0.4, -0.2) is 24.3 Å². The van der Waals surface area contributed by atoms with Gasteiger partial charge >= 0.3 is 0 Å². The fourth-order valence-electron chi connectivity index (χ4n) is 3.81. The Balaban J connectivity index is 1.39. The first kappa shape index (κ1) is 22.2. The average molecular weight is 445 g/mol. The van der Waals surface area contributed by atoms with Crippen molar-refractivity contribution < 1.29 is 18.8 Å². The number of halogens is 1. The van der Waals surface area contributed by atoms with Crippen molar-refractivity contribution in [2.24, 2.45) is 5.92 Å². The van der Waals surface area contributed by atoms with Gasteiger partial charge in [0.2, 0.25) is 11.8 Å². The van der Waals surface area contributed by atoms with Crippen molar-refractivity contribution in [3.05, 3.63) is 95.3 Å². The Kier molecular flexibility index (Phi) is 6.49. The smallest absolute Gasteiger partial charge is 0.255 e. The zero-order valence-corrected chi connectivity index (χ0v) is 18.2. The number of carbonyl (C=O) groups is 3. The number of hydrogen-bond donors (Lipinski definition) is 2. The highest BCUT2D eigenvalue weighted by atomic mass is 19.1. The summed E-state index contributed by atoms with van der Waals surface area (Å²) in [5.74, 6) is -1.51. The standard InChI is InChI=1S/C26H24FN3O3/c1-17-4-2-6-22(12-17)29-26(33)19-5-3-7-23(13-19)30-16-20(14-24(30)31)25(32)28-15-18-8-10-21(27)11-9-18/h2-13,20H,14-16H2,1H3,(H,28,32)(H,29,33). The summed E-state index contributed by atoms with van der Waals surface area (Å²) in [5, 5.41) is 5.67. The van der Waals surface area contributed by atoms with Gasteiger partial charge in [-0.3, -0.25) is 14.4 Å². The van der Waals surface area contributed by atoms with Crippen LogP contribution in [0.25, 0.3) is 0 Å². The second kappa shape index (κ2) is 9.65. The number of carbonyl (C=O) groups excluding carboxylic acids is 3. The second-order valence-corrected chi connectivity index (χ2v) is 8.12. The van der Waals surface area contributed by atoms with Crippen LogP contribution in [0.15, 0.2) is 72.8 Å². The van der Waals surface area contributed by atoms with Crippen LogP contribution in [0.5, 0.6) is 0 Å². The number of nitrogens with zero attached hydrogens (tertiary/aromatic N) is 1. The molecule has 1 unspecified atom stereocenters. The first-order valence-electron chi connectivity index (χ1n) is 10.7. The van der Waals surface area contributed by atoms with E-state index in [-0.39, 0.29) is 43.0 Å². The molecule has 7 heteroatoms. The number of rotatable bonds is 6. The van der Waals surface area contributed by atoms with Crippen molar-refractivity contribution >= 4 is 29.1 Å². The Bertz CT molecular complexity index is 1190. The molecule has 1 atom stereocenters. The molecule has 1 aliphatic heterocycles. The van der Waals surface area contributed by atoms with E-state index in [1.54, 1.807) is 36.4 Å². The molecular formula is C26H24FN3O3. The lowest BCUT2D eigenvalue weighted by Gasteiger charge is -2.18. The van der Waals surface area contributed by atoms with Gasteiger partial charge < -0.3 is 15.5 Å². The summed E-state index contributed by atoms with van der Waals surface area (Å²) in [7, 11) is 0. The van der Waals surface area contributed by atoms with Gasteiger partial charge in [-0.25, -0.2) is 4.39 Å². The third-order valence-electron chi connectivity index (χ3n) is 5.57. The molecule has 3 amide bonds. The molecule has 0 radical (unpaired) electrons. The van der Waals surface area contributed by atoms with E-state index < -0.39 is 5.92 Å². The molecule has 33 heavy (non-hydrogen) atoms. The predicted octanol–water partition coefficient (Wildman–Crippen LogP) is 4.06. The lowest BCUT2D eigenvalue weighted by atomic mass is 10.1. The molecule has 1 fully saturated rings. The predicted molar refractivity (Wildman–Crippen MR) is 124 cm³/mol. The molecule has 168 valence electrons. The second-order valence-electron chi connectivity index (χ2n) is 8.12. The number of benzene rings is 3. The molecule has 1 heterocycles. The van der Waals surface area contributed by atoms with Crippen molar-refractivity contribution in [3.8, 4) is 0 Å². The molecule has 0 aromatic heterocycles. The summed E-state index contributed by atoms with van der Waals surface area (Å²) in [6.45, 7) is 2.44. The fraction of sp³-hybridized carbons (Fsp3) is 0.192. The van der Waals surface area contributed by atoms with Gasteiger partial charge in [-0.2, -0.15) is 0 Å². The van der Waals surface area contributed by atoms with E-state index in [0.29, 0.717) is 16.9 Å². The quantitative estimate of drug-likeness (QED) is 0.601. The number of aryl methyl sites for hydroxylation is 1. The topological polar surface area (TPSA) is 78.5 Å². The maximum atomic E-state index is 13.0. The highest BCUT2D eigenvalue weighted by Crippen LogP contribution is 2.26. The van der Waals surface area contributed by atoms with E-state index in [4.69, 9.17) is 0 Å². The highest BCUT2D eigenvalue weighted by molar-refractivity contribution is 6.06. The summed E-state index contributed by atoms with van der Waals surface area (Å²) in [6.07, 6.45) is 0.0922. The SMILES string of the molecule is Cc1cccc(NC(=O)c2cccc(N3CC(C(=O)NCc4ccc(F)cc4)CC3=O)c2)c1. The van der Waals surface area contributed by atoms with Gasteiger partial charge in [-0.1, -0.05) is 30.3 Å². The van der Waals surface area contributed by atoms with Gasteiger partial charge in [-0.15, -0.1) is 0 Å². The minimum absolute atomic E-state index is 0.0922. The van der Waals surface area contributed by atoms with E-state index >= 15 is 0 Å². The van der Waals surface area contributed by atoms with Crippen LogP contribution in [0.4, 0.5) is 15.8 Å². The Morgan fingerprint density at radius 1 is 1.03 bits per heavy atom. The summed E-state index contributed by atoms with van der Waals surface area (Å²) in [6, 6.07) is 20.2. The van der Waals surface area contributed by atoms with Crippen molar-refractivity contribution in [2.75, 3.05) is 16.8 Å². The highest BCUT2D eigenvalue weighted by Gasteiger charge is 2.35. The van der Waals surface area contributed by atoms with E-state index in [2.05, 4.69) is 10.6 Å². The molecule has 3 aromatic carbocycles. The molecule has 0 bridgehead atoms. The minimum atomic E-state index is -0.497. The summed E-state index contributed by atoms with van der Waals surface area (Å²) in [5.41, 5.74) is 3.50. The van der Waals surface area contributed by atoms with Gasteiger partial charge in [0.1, 0.15) is 5.82 Å². The third-order valence-corrected chi connectivity index (χ3v) is 5.57. The lowest BCUT2D eigenvalue weighted by molar-refractivity contribution is -0.126. The van der Waals surface area contributed by atoms with Crippen LogP contribution >= 0.6 is 0 Å². The number of nitrogens with one attached hydrogen (secondary N) is 2. The van der Waals surface area contributed by atoms with Gasteiger partial charge in [-0.05, 0) is 60.5 Å². The molecule has 2 N–H and O–H groups in total. The fourth-order valence-corrected chi connectivity index (χ4v) is 3.81. The third kappa shape index (κ3) is 5.44. The van der Waals surface area contributed by atoms with Crippen LogP contribution in [0.1, 0.15) is 27.9 Å². The Morgan fingerprint density at radius 3 is 2.55 bits per heavy atom. The zero-order valence-electron chi connectivity index (χ0n) is 18.2. The lowest BCUT2D eigenvalue weighted by Crippen LogP contribution is -2.32. The Morgan fingerprint density at radius 2 is 1.79 bits per heavy atom.